The van der Waals surface area contributed by atoms with Gasteiger partial charge >= 0.3 is 11.9 Å². The van der Waals surface area contributed by atoms with Crippen LogP contribution >= 0.6 is 0 Å². The maximum absolute atomic E-state index is 15.5. The molecule has 8 rings (SSSR count). The number of anilines is 3. The van der Waals surface area contributed by atoms with Crippen molar-refractivity contribution in [3.8, 4) is 5.75 Å². The van der Waals surface area contributed by atoms with E-state index in [9.17, 15) is 24.3 Å². The van der Waals surface area contributed by atoms with Gasteiger partial charge in [-0.05, 0) is 60.0 Å². The highest BCUT2D eigenvalue weighted by atomic mass is 28.3. The monoisotopic (exact) mass is 850 g/mol. The van der Waals surface area contributed by atoms with Gasteiger partial charge in [-0.2, -0.15) is 0 Å². The Morgan fingerprint density at radius 1 is 0.902 bits per heavy atom. The highest BCUT2D eigenvalue weighted by Crippen LogP contribution is 2.61. The zero-order valence-corrected chi connectivity index (χ0v) is 36.1. The zero-order chi connectivity index (χ0) is 43.4. The predicted molar refractivity (Wildman–Crippen MR) is 224 cm³/mol. The fraction of sp³-hybridized carbons (Fsp3) is 0.432. The van der Waals surface area contributed by atoms with Gasteiger partial charge in [0.25, 0.3) is 5.91 Å². The number of benzene rings is 3. The van der Waals surface area contributed by atoms with E-state index in [0.29, 0.717) is 47.7 Å². The fourth-order valence-electron chi connectivity index (χ4n) is 9.73. The summed E-state index contributed by atoms with van der Waals surface area (Å²) in [7, 11) is -0.885. The number of rotatable bonds is 14. The summed E-state index contributed by atoms with van der Waals surface area (Å²) >= 11 is 0. The summed E-state index contributed by atoms with van der Waals surface area (Å²) in [6.45, 7) is 9.87. The van der Waals surface area contributed by atoms with E-state index < -0.39 is 44.2 Å². The molecule has 0 saturated carbocycles. The molecule has 6 atom stereocenters. The fourth-order valence-corrected chi connectivity index (χ4v) is 13.8. The lowest BCUT2D eigenvalue weighted by Crippen LogP contribution is -2.55. The predicted octanol–water partition coefficient (Wildman–Crippen LogP) is 3.93. The number of β-lactam (4-membered cyclic amide) rings is 2. The Hall–Kier alpha value is -5.91. The Labute approximate surface area is 354 Å². The average Bonchev–Trinajstić information content (AvgIpc) is 3.86. The first-order chi connectivity index (χ1) is 29.2. The molecule has 3 saturated heterocycles. The standard InChI is InChI=1S/C44H50N6O10Si/c1-26-42(61(5,6)34-14-12-33(57-4)13-15-34)37(17-19-47-25-30(18-20-51)45-46-47)60-44(26)35-21-32(50-39(55)23-41(50)59-28(3)53)11-16-36(35)48(43(44)56)24-29-7-9-31(10-8-29)49-38(54)22-40(49)58-27(2)52/h7-16,21,25-26,37,40-42,51H,17-20,22-24H2,1-6H3/t26-,37+,40?,41?,42-,44+/m1/s1. The van der Waals surface area contributed by atoms with Gasteiger partial charge in [0, 0.05) is 62.5 Å². The summed E-state index contributed by atoms with van der Waals surface area (Å²) < 4.78 is 25.4. The van der Waals surface area contributed by atoms with Crippen molar-refractivity contribution in [2.24, 2.45) is 5.92 Å². The van der Waals surface area contributed by atoms with Gasteiger partial charge in [0.05, 0.1) is 52.1 Å². The number of carbonyl (C=O) groups excluding carboxylic acids is 5. The van der Waals surface area contributed by atoms with Crippen molar-refractivity contribution in [3.63, 3.8) is 0 Å². The maximum Gasteiger partial charge on any atom is 0.304 e. The third kappa shape index (κ3) is 7.37. The van der Waals surface area contributed by atoms with E-state index in [-0.39, 0.29) is 55.2 Å². The van der Waals surface area contributed by atoms with Crippen LogP contribution in [0.5, 0.6) is 5.75 Å². The molecule has 320 valence electrons. The molecule has 17 heteroatoms. The molecule has 4 aliphatic heterocycles. The number of hydrogen-bond donors (Lipinski definition) is 1. The summed E-state index contributed by atoms with van der Waals surface area (Å²) in [6, 6.07) is 20.8. The number of methoxy groups -OCH3 is 1. The molecule has 1 aromatic heterocycles. The SMILES string of the molecule is COc1ccc([Si](C)(C)[C@H]2[C@H](CCn3cc(CCO)nn3)O[C@@]3(C(=O)N(Cc4ccc(N5C(=O)CC5OC(C)=O)cc4)c4ccc(N5C(=O)CC5OC(C)=O)cc43)[C@@H]2C)cc1. The van der Waals surface area contributed by atoms with Crippen molar-refractivity contribution in [1.82, 2.24) is 15.0 Å². The van der Waals surface area contributed by atoms with Crippen molar-refractivity contribution in [2.75, 3.05) is 28.4 Å². The second kappa shape index (κ2) is 16.2. The molecule has 2 unspecified atom stereocenters. The summed E-state index contributed by atoms with van der Waals surface area (Å²) in [6.07, 6.45) is 1.02. The molecule has 0 bridgehead atoms. The second-order valence-electron chi connectivity index (χ2n) is 16.7. The molecule has 16 nitrogen and oxygen atoms in total. The van der Waals surface area contributed by atoms with Gasteiger partial charge in [-0.25, -0.2) is 0 Å². The van der Waals surface area contributed by atoms with Crippen molar-refractivity contribution in [2.45, 2.75) is 102 Å². The lowest BCUT2D eigenvalue weighted by molar-refractivity contribution is -0.155. The number of esters is 2. The van der Waals surface area contributed by atoms with Crippen molar-refractivity contribution < 1.29 is 48.0 Å². The van der Waals surface area contributed by atoms with Gasteiger partial charge in [0.15, 0.2) is 18.1 Å². The molecule has 5 heterocycles. The molecule has 4 aliphatic rings. The highest BCUT2D eigenvalue weighted by molar-refractivity contribution is 6.91. The van der Waals surface area contributed by atoms with Crippen molar-refractivity contribution in [1.29, 1.82) is 0 Å². The molecule has 0 radical (unpaired) electrons. The van der Waals surface area contributed by atoms with Crippen LogP contribution in [0.4, 0.5) is 17.1 Å². The number of ether oxygens (including phenoxy) is 4. The minimum absolute atomic E-state index is 0.0440. The van der Waals surface area contributed by atoms with E-state index >= 15 is 4.79 Å². The first-order valence-electron chi connectivity index (χ1n) is 20.5. The number of hydrogen-bond acceptors (Lipinski definition) is 12. The largest absolute Gasteiger partial charge is 0.497 e. The number of aliphatic hydroxyl groups excluding tert-OH is 1. The number of aromatic nitrogens is 3. The van der Waals surface area contributed by atoms with Crippen molar-refractivity contribution >= 4 is 60.0 Å². The van der Waals surface area contributed by atoms with Crippen LogP contribution in [0.2, 0.25) is 18.6 Å². The summed E-state index contributed by atoms with van der Waals surface area (Å²) in [4.78, 5) is 69.4. The molecule has 0 aliphatic carbocycles. The van der Waals surface area contributed by atoms with Gasteiger partial charge in [-0.1, -0.05) is 54.7 Å². The number of carbonyl (C=O) groups is 5. The molecular formula is C44H50N6O10Si. The molecule has 3 aromatic carbocycles. The van der Waals surface area contributed by atoms with Crippen LogP contribution in [0.3, 0.4) is 0 Å². The van der Waals surface area contributed by atoms with Gasteiger partial charge < -0.3 is 29.0 Å². The Bertz CT molecular complexity index is 2370. The Morgan fingerprint density at radius 2 is 1.52 bits per heavy atom. The third-order valence-electron chi connectivity index (χ3n) is 12.7. The van der Waals surface area contributed by atoms with Crippen LogP contribution < -0.4 is 24.6 Å². The molecule has 1 N–H and O–H groups in total. The van der Waals surface area contributed by atoms with Gasteiger partial charge in [0.2, 0.25) is 11.8 Å². The topological polar surface area (TPSA) is 183 Å². The minimum atomic E-state index is -2.52. The van der Waals surface area contributed by atoms with Gasteiger partial charge in [-0.3, -0.25) is 38.5 Å². The molecular weight excluding hydrogens is 801 g/mol. The van der Waals surface area contributed by atoms with E-state index in [0.717, 1.165) is 11.3 Å². The Morgan fingerprint density at radius 3 is 2.11 bits per heavy atom. The lowest BCUT2D eigenvalue weighted by Gasteiger charge is -2.39. The van der Waals surface area contributed by atoms with Crippen molar-refractivity contribution in [3.05, 3.63) is 89.7 Å². The van der Waals surface area contributed by atoms with E-state index in [4.69, 9.17) is 18.9 Å². The second-order valence-corrected chi connectivity index (χ2v) is 21.4. The normalized spacial score (nSPS) is 24.5. The van der Waals surface area contributed by atoms with E-state index in [1.165, 1.54) is 28.8 Å². The summed E-state index contributed by atoms with van der Waals surface area (Å²) in [5, 5.41) is 19.2. The Kier molecular flexibility index (Phi) is 11.1. The minimum Gasteiger partial charge on any atom is -0.497 e. The van der Waals surface area contributed by atoms with Crippen LogP contribution in [-0.2, 0) is 63.3 Å². The van der Waals surface area contributed by atoms with Crippen LogP contribution in [0, 0.1) is 5.92 Å². The number of amides is 3. The van der Waals surface area contributed by atoms with E-state index in [1.54, 1.807) is 34.9 Å². The van der Waals surface area contributed by atoms with Crippen LogP contribution in [0.15, 0.2) is 72.9 Å². The molecule has 4 aromatic rings. The summed E-state index contributed by atoms with van der Waals surface area (Å²) in [5.41, 5.74) is 2.20. The quantitative estimate of drug-likeness (QED) is 0.110. The molecule has 3 fully saturated rings. The smallest absolute Gasteiger partial charge is 0.304 e. The van der Waals surface area contributed by atoms with Gasteiger partial charge in [0.1, 0.15) is 5.75 Å². The van der Waals surface area contributed by atoms with E-state index in [1.807, 2.05) is 42.6 Å². The number of fused-ring (bicyclic) bond motifs is 2. The van der Waals surface area contributed by atoms with Crippen LogP contribution in [0.25, 0.3) is 0 Å². The lowest BCUT2D eigenvalue weighted by atomic mass is 9.82. The van der Waals surface area contributed by atoms with Crippen LogP contribution in [0.1, 0.15) is 56.9 Å². The maximum atomic E-state index is 15.5. The number of aryl methyl sites for hydroxylation is 1. The van der Waals surface area contributed by atoms with E-state index in [2.05, 4.69) is 42.5 Å². The number of aliphatic hydroxyl groups is 1. The molecule has 61 heavy (non-hydrogen) atoms. The first-order valence-corrected chi connectivity index (χ1v) is 23.6. The summed E-state index contributed by atoms with van der Waals surface area (Å²) in [5.74, 6) is -1.22. The highest BCUT2D eigenvalue weighted by Gasteiger charge is 2.66. The Balaban J connectivity index is 1.19. The zero-order valence-electron chi connectivity index (χ0n) is 35.1. The first kappa shape index (κ1) is 41.8. The van der Waals surface area contributed by atoms with Crippen LogP contribution in [-0.4, -0.2) is 90.1 Å². The number of nitrogens with zero attached hydrogens (tertiary/aromatic N) is 6. The molecule has 3 amide bonds. The molecule has 1 spiro atoms. The van der Waals surface area contributed by atoms with Gasteiger partial charge in [-0.15, -0.1) is 5.10 Å². The third-order valence-corrected chi connectivity index (χ3v) is 17.0. The average molecular weight is 851 g/mol.